The minimum absolute atomic E-state index is 0.308. The predicted molar refractivity (Wildman–Crippen MR) is 154 cm³/mol. The zero-order valence-corrected chi connectivity index (χ0v) is 22.4. The van der Waals surface area contributed by atoms with Crippen molar-refractivity contribution in [1.82, 2.24) is 0 Å². The Balaban J connectivity index is 1.29. The summed E-state index contributed by atoms with van der Waals surface area (Å²) in [5, 5.41) is 9.37. The van der Waals surface area contributed by atoms with E-state index >= 15 is 0 Å². The van der Waals surface area contributed by atoms with Crippen LogP contribution in [0.15, 0.2) is 103 Å². The van der Waals surface area contributed by atoms with E-state index < -0.39 is 12.1 Å². The van der Waals surface area contributed by atoms with Crippen LogP contribution in [-0.4, -0.2) is 37.5 Å². The smallest absolute Gasteiger partial charge is 0.333 e. The molecule has 4 aromatic carbocycles. The summed E-state index contributed by atoms with van der Waals surface area (Å²) in [5.41, 5.74) is 5.77. The van der Waals surface area contributed by atoms with Gasteiger partial charge in [0.2, 0.25) is 0 Å². The number of hydrogen-bond donors (Lipinski definition) is 1. The van der Waals surface area contributed by atoms with E-state index in [4.69, 9.17) is 14.2 Å². The van der Waals surface area contributed by atoms with Gasteiger partial charge in [0.05, 0.1) is 13.2 Å². The van der Waals surface area contributed by atoms with Crippen LogP contribution >= 0.6 is 0 Å². The van der Waals surface area contributed by atoms with Crippen LogP contribution in [0.2, 0.25) is 0 Å². The molecule has 0 saturated carbocycles. The molecular weight excluding hydrogens is 488 g/mol. The first-order valence-electron chi connectivity index (χ1n) is 13.4. The quantitative estimate of drug-likeness (QED) is 0.179. The first-order valence-corrected chi connectivity index (χ1v) is 13.4. The monoisotopic (exact) mass is 524 g/mol. The second-order valence-corrected chi connectivity index (χ2v) is 9.55. The van der Waals surface area contributed by atoms with E-state index in [-0.39, 0.29) is 0 Å². The lowest BCUT2D eigenvalue weighted by molar-refractivity contribution is -0.148. The maximum absolute atomic E-state index is 11.4. The zero-order valence-electron chi connectivity index (χ0n) is 22.4. The van der Waals surface area contributed by atoms with Crippen molar-refractivity contribution >= 4 is 5.97 Å². The zero-order chi connectivity index (χ0) is 27.3. The van der Waals surface area contributed by atoms with Gasteiger partial charge in [0.1, 0.15) is 11.5 Å². The normalized spacial score (nSPS) is 11.6. The number of ether oxygens (including phenoxy) is 3. The minimum Gasteiger partial charge on any atom is -0.493 e. The van der Waals surface area contributed by atoms with Gasteiger partial charge in [0, 0.05) is 20.0 Å². The minimum atomic E-state index is -0.963. The lowest BCUT2D eigenvalue weighted by Gasteiger charge is -2.16. The summed E-state index contributed by atoms with van der Waals surface area (Å²) >= 11 is 0. The molecule has 1 N–H and O–H groups in total. The van der Waals surface area contributed by atoms with Gasteiger partial charge in [0.15, 0.2) is 6.10 Å². The summed E-state index contributed by atoms with van der Waals surface area (Å²) < 4.78 is 17.2. The van der Waals surface area contributed by atoms with Crippen molar-refractivity contribution in [3.8, 4) is 11.5 Å². The summed E-state index contributed by atoms with van der Waals surface area (Å²) in [6, 6.07) is 34.9. The van der Waals surface area contributed by atoms with Crippen molar-refractivity contribution in [3.05, 3.63) is 131 Å². The molecule has 0 saturated heterocycles. The highest BCUT2D eigenvalue weighted by Gasteiger charge is 2.18. The van der Waals surface area contributed by atoms with Gasteiger partial charge in [0.25, 0.3) is 0 Å². The maximum Gasteiger partial charge on any atom is 0.333 e. The van der Waals surface area contributed by atoms with Crippen LogP contribution in [0.1, 0.15) is 34.2 Å². The Morgan fingerprint density at radius 3 is 2.00 bits per heavy atom. The Morgan fingerprint density at radius 1 is 0.718 bits per heavy atom. The fraction of sp³-hybridized carbons (Fsp3) is 0.265. The molecule has 4 aromatic rings. The van der Waals surface area contributed by atoms with Crippen molar-refractivity contribution in [2.45, 2.75) is 38.2 Å². The van der Waals surface area contributed by atoms with Gasteiger partial charge in [-0.15, -0.1) is 0 Å². The van der Waals surface area contributed by atoms with E-state index in [9.17, 15) is 9.90 Å². The average molecular weight is 525 g/mol. The summed E-state index contributed by atoms with van der Waals surface area (Å²) in [6.45, 7) is 1.09. The second-order valence-electron chi connectivity index (χ2n) is 9.55. The van der Waals surface area contributed by atoms with Crippen LogP contribution in [0.4, 0.5) is 0 Å². The predicted octanol–water partition coefficient (Wildman–Crippen LogP) is 6.55. The summed E-state index contributed by atoms with van der Waals surface area (Å²) in [6.07, 6.45) is 2.76. The molecule has 4 rings (SSSR count). The van der Waals surface area contributed by atoms with Crippen LogP contribution < -0.4 is 9.47 Å². The third-order valence-electron chi connectivity index (χ3n) is 6.62. The number of hydrogen-bond acceptors (Lipinski definition) is 4. The molecule has 5 nitrogen and oxygen atoms in total. The number of rotatable bonds is 15. The number of carbonyl (C=O) groups is 1. The van der Waals surface area contributed by atoms with Crippen molar-refractivity contribution < 1.29 is 24.1 Å². The molecule has 0 amide bonds. The van der Waals surface area contributed by atoms with E-state index in [1.54, 1.807) is 0 Å². The molecule has 39 heavy (non-hydrogen) atoms. The van der Waals surface area contributed by atoms with Gasteiger partial charge >= 0.3 is 5.97 Å². The molecule has 0 bridgehead atoms. The molecule has 1 atom stereocenters. The van der Waals surface area contributed by atoms with Crippen LogP contribution in [0.3, 0.4) is 0 Å². The molecule has 0 heterocycles. The SMILES string of the molecule is CO[C@@H](Cc1ccc(OCCCOc2ccc(Cc3ccccc3)cc2)c(CCc2ccccc2)c1)C(=O)O. The Labute approximate surface area is 231 Å². The molecular formula is C34H36O5. The molecule has 0 aliphatic carbocycles. The number of carboxylic acid groups (broad SMARTS) is 1. The van der Waals surface area contributed by atoms with Gasteiger partial charge in [-0.25, -0.2) is 4.79 Å². The van der Waals surface area contributed by atoms with Gasteiger partial charge in [-0.05, 0) is 65.3 Å². The maximum atomic E-state index is 11.4. The first-order chi connectivity index (χ1) is 19.1. The van der Waals surface area contributed by atoms with Crippen molar-refractivity contribution in [1.29, 1.82) is 0 Å². The van der Waals surface area contributed by atoms with Crippen molar-refractivity contribution in [3.63, 3.8) is 0 Å². The third-order valence-corrected chi connectivity index (χ3v) is 6.62. The van der Waals surface area contributed by atoms with E-state index in [1.165, 1.54) is 23.8 Å². The average Bonchev–Trinajstić information content (AvgIpc) is 2.97. The van der Waals surface area contributed by atoms with E-state index in [0.29, 0.717) is 19.6 Å². The molecule has 0 fully saturated rings. The molecule has 0 aliphatic heterocycles. The highest BCUT2D eigenvalue weighted by atomic mass is 16.5. The number of aliphatic carboxylic acids is 1. The largest absolute Gasteiger partial charge is 0.493 e. The van der Waals surface area contributed by atoms with E-state index in [1.807, 2.05) is 54.6 Å². The standard InChI is InChI=1S/C34H36O5/c1-37-33(34(35)36)25-29-16-20-32(30(24-29)17-13-26-9-4-2-5-10-26)39-22-8-21-38-31-18-14-28(15-19-31)23-27-11-6-3-7-12-27/h2-7,9-12,14-16,18-20,24,33H,8,13,17,21-23,25H2,1H3,(H,35,36)/t33-/m0/s1. The number of aryl methyl sites for hydroxylation is 2. The summed E-state index contributed by atoms with van der Waals surface area (Å²) in [7, 11) is 1.42. The molecule has 202 valence electrons. The Hall–Kier alpha value is -4.09. The lowest BCUT2D eigenvalue weighted by atomic mass is 9.99. The Bertz CT molecular complexity index is 1290. The van der Waals surface area contributed by atoms with Crippen LogP contribution in [0, 0.1) is 0 Å². The van der Waals surface area contributed by atoms with Gasteiger partial charge in [-0.1, -0.05) is 84.9 Å². The Morgan fingerprint density at radius 2 is 1.33 bits per heavy atom. The number of carboxylic acids is 1. The van der Waals surface area contributed by atoms with Gasteiger partial charge in [-0.3, -0.25) is 0 Å². The Kier molecular flexibility index (Phi) is 10.6. The van der Waals surface area contributed by atoms with Crippen LogP contribution in [0.25, 0.3) is 0 Å². The number of methoxy groups -OCH3 is 1. The fourth-order valence-electron chi connectivity index (χ4n) is 4.47. The topological polar surface area (TPSA) is 65.0 Å². The molecule has 0 aromatic heterocycles. The summed E-state index contributed by atoms with van der Waals surface area (Å²) in [5.74, 6) is 0.713. The molecule has 5 heteroatoms. The first kappa shape index (κ1) is 27.9. The van der Waals surface area contributed by atoms with E-state index in [2.05, 4.69) is 48.5 Å². The number of benzene rings is 4. The van der Waals surface area contributed by atoms with Crippen molar-refractivity contribution in [2.75, 3.05) is 20.3 Å². The summed E-state index contributed by atoms with van der Waals surface area (Å²) in [4.78, 5) is 11.4. The van der Waals surface area contributed by atoms with Gasteiger partial charge < -0.3 is 19.3 Å². The highest BCUT2D eigenvalue weighted by molar-refractivity contribution is 5.72. The molecule has 0 unspecified atom stereocenters. The third kappa shape index (κ3) is 9.01. The van der Waals surface area contributed by atoms with Crippen LogP contribution in [-0.2, 0) is 35.2 Å². The molecule has 0 aliphatic rings. The lowest BCUT2D eigenvalue weighted by Crippen LogP contribution is -2.24. The van der Waals surface area contributed by atoms with E-state index in [0.717, 1.165) is 48.3 Å². The second kappa shape index (κ2) is 14.7. The van der Waals surface area contributed by atoms with Crippen LogP contribution in [0.5, 0.6) is 11.5 Å². The van der Waals surface area contributed by atoms with Crippen molar-refractivity contribution in [2.24, 2.45) is 0 Å². The molecule has 0 radical (unpaired) electrons. The highest BCUT2D eigenvalue weighted by Crippen LogP contribution is 2.24. The molecule has 0 spiro atoms. The fourth-order valence-corrected chi connectivity index (χ4v) is 4.47. The van der Waals surface area contributed by atoms with Gasteiger partial charge in [-0.2, -0.15) is 0 Å².